The van der Waals surface area contributed by atoms with Gasteiger partial charge in [-0.1, -0.05) is 47.7 Å². The van der Waals surface area contributed by atoms with Gasteiger partial charge in [0.2, 0.25) is 0 Å². The van der Waals surface area contributed by atoms with Gasteiger partial charge < -0.3 is 9.30 Å². The molecule has 0 N–H and O–H groups in total. The zero-order valence-electron chi connectivity index (χ0n) is 16.1. The zero-order valence-corrected chi connectivity index (χ0v) is 17.0. The number of rotatable bonds is 5. The maximum Gasteiger partial charge on any atom is 0.326 e. The molecule has 0 radical (unpaired) electrons. The van der Waals surface area contributed by atoms with Crippen LogP contribution in [0, 0.1) is 13.8 Å². The van der Waals surface area contributed by atoms with E-state index in [1.54, 1.807) is 17.6 Å². The van der Waals surface area contributed by atoms with Crippen LogP contribution in [0.25, 0.3) is 16.3 Å². The lowest BCUT2D eigenvalue weighted by molar-refractivity contribution is -0.143. The number of benzene rings is 2. The van der Waals surface area contributed by atoms with Crippen molar-refractivity contribution in [3.05, 3.63) is 70.0 Å². The SMILES string of the molecule is CCOC(=O)Cn1c(=NC(=O)C=Cc2ccccc2)sc2c(C)cc(C)cc21. The summed E-state index contributed by atoms with van der Waals surface area (Å²) in [5, 5.41) is 0. The maximum atomic E-state index is 12.4. The largest absolute Gasteiger partial charge is 0.465 e. The molecule has 2 aromatic carbocycles. The fraction of sp³-hybridized carbons (Fsp3) is 0.227. The van der Waals surface area contributed by atoms with Crippen molar-refractivity contribution in [2.24, 2.45) is 4.99 Å². The number of ether oxygens (including phenoxy) is 1. The average Bonchev–Trinajstić information content (AvgIpc) is 2.99. The topological polar surface area (TPSA) is 60.7 Å². The van der Waals surface area contributed by atoms with Crippen LogP contribution in [0.4, 0.5) is 0 Å². The minimum Gasteiger partial charge on any atom is -0.465 e. The van der Waals surface area contributed by atoms with E-state index in [-0.39, 0.29) is 18.4 Å². The lowest BCUT2D eigenvalue weighted by Gasteiger charge is -2.06. The lowest BCUT2D eigenvalue weighted by atomic mass is 10.1. The Hall–Kier alpha value is -2.99. The molecule has 0 saturated carbocycles. The Morgan fingerprint density at radius 1 is 1.18 bits per heavy atom. The molecule has 1 heterocycles. The van der Waals surface area contributed by atoms with Crippen molar-refractivity contribution in [1.29, 1.82) is 0 Å². The van der Waals surface area contributed by atoms with Crippen LogP contribution in [-0.4, -0.2) is 23.1 Å². The van der Waals surface area contributed by atoms with E-state index in [2.05, 4.69) is 11.1 Å². The van der Waals surface area contributed by atoms with Crippen molar-refractivity contribution in [3.63, 3.8) is 0 Å². The molecule has 0 aliphatic heterocycles. The number of thiazole rings is 1. The van der Waals surface area contributed by atoms with E-state index >= 15 is 0 Å². The summed E-state index contributed by atoms with van der Waals surface area (Å²) in [7, 11) is 0. The molecule has 1 amide bonds. The van der Waals surface area contributed by atoms with Crippen molar-refractivity contribution in [2.45, 2.75) is 27.3 Å². The number of hydrogen-bond acceptors (Lipinski definition) is 4. The number of amides is 1. The lowest BCUT2D eigenvalue weighted by Crippen LogP contribution is -2.22. The normalized spacial score (nSPS) is 12.0. The summed E-state index contributed by atoms with van der Waals surface area (Å²) < 4.78 is 7.86. The predicted molar refractivity (Wildman–Crippen MR) is 112 cm³/mol. The van der Waals surface area contributed by atoms with Gasteiger partial charge in [-0.15, -0.1) is 0 Å². The summed E-state index contributed by atoms with van der Waals surface area (Å²) in [5.74, 6) is -0.725. The van der Waals surface area contributed by atoms with Crippen LogP contribution in [0.5, 0.6) is 0 Å². The molecule has 0 aliphatic carbocycles. The van der Waals surface area contributed by atoms with Crippen LogP contribution < -0.4 is 4.80 Å². The highest BCUT2D eigenvalue weighted by Gasteiger charge is 2.13. The fourth-order valence-corrected chi connectivity index (χ4v) is 4.03. The molecule has 1 aromatic heterocycles. The van der Waals surface area contributed by atoms with Crippen molar-refractivity contribution < 1.29 is 14.3 Å². The van der Waals surface area contributed by atoms with Gasteiger partial charge in [-0.05, 0) is 49.6 Å². The Morgan fingerprint density at radius 2 is 1.93 bits per heavy atom. The molecule has 144 valence electrons. The number of esters is 1. The van der Waals surface area contributed by atoms with Crippen molar-refractivity contribution >= 4 is 39.5 Å². The first-order valence-corrected chi connectivity index (χ1v) is 9.87. The smallest absolute Gasteiger partial charge is 0.326 e. The standard InChI is InChI=1S/C22H22N2O3S/c1-4-27-20(26)14-24-18-13-15(2)12-16(3)21(18)28-22(24)23-19(25)11-10-17-8-6-5-7-9-17/h5-13H,4,14H2,1-3H3. The van der Waals surface area contributed by atoms with Crippen molar-refractivity contribution in [2.75, 3.05) is 6.61 Å². The van der Waals surface area contributed by atoms with Crippen LogP contribution in [0.1, 0.15) is 23.6 Å². The first kappa shape index (κ1) is 19.8. The third-order valence-electron chi connectivity index (χ3n) is 4.13. The summed E-state index contributed by atoms with van der Waals surface area (Å²) in [5.41, 5.74) is 3.98. The van der Waals surface area contributed by atoms with Gasteiger partial charge in [-0.25, -0.2) is 0 Å². The molecule has 28 heavy (non-hydrogen) atoms. The van der Waals surface area contributed by atoms with Crippen LogP contribution in [0.15, 0.2) is 53.5 Å². The summed E-state index contributed by atoms with van der Waals surface area (Å²) in [6, 6.07) is 13.6. The molecule has 0 fully saturated rings. The minimum atomic E-state index is -0.373. The van der Waals surface area contributed by atoms with E-state index in [0.717, 1.165) is 26.9 Å². The summed E-state index contributed by atoms with van der Waals surface area (Å²) in [6.45, 7) is 6.12. The second-order valence-corrected chi connectivity index (χ2v) is 7.38. The van der Waals surface area contributed by atoms with Gasteiger partial charge in [-0.2, -0.15) is 4.99 Å². The quantitative estimate of drug-likeness (QED) is 0.485. The number of carbonyl (C=O) groups is 2. The van der Waals surface area contributed by atoms with Gasteiger partial charge in [0.25, 0.3) is 5.91 Å². The molecule has 3 aromatic rings. The maximum absolute atomic E-state index is 12.4. The highest BCUT2D eigenvalue weighted by atomic mass is 32.1. The predicted octanol–water partition coefficient (Wildman–Crippen LogP) is 4.02. The summed E-state index contributed by atoms with van der Waals surface area (Å²) in [6.07, 6.45) is 3.16. The highest BCUT2D eigenvalue weighted by Crippen LogP contribution is 2.23. The van der Waals surface area contributed by atoms with Gasteiger partial charge in [-0.3, -0.25) is 9.59 Å². The van der Waals surface area contributed by atoms with Gasteiger partial charge in [0.15, 0.2) is 4.80 Å². The minimum absolute atomic E-state index is 0.0191. The van der Waals surface area contributed by atoms with E-state index in [9.17, 15) is 9.59 Å². The molecule has 3 rings (SSSR count). The van der Waals surface area contributed by atoms with E-state index in [1.165, 1.54) is 17.4 Å². The summed E-state index contributed by atoms with van der Waals surface area (Å²) >= 11 is 1.40. The Kier molecular flexibility index (Phi) is 6.21. The molecule has 0 saturated heterocycles. The Morgan fingerprint density at radius 3 is 2.64 bits per heavy atom. The van der Waals surface area contributed by atoms with Gasteiger partial charge in [0.1, 0.15) is 6.54 Å². The molecule has 0 bridgehead atoms. The van der Waals surface area contributed by atoms with Crippen molar-refractivity contribution in [3.8, 4) is 0 Å². The molecular weight excluding hydrogens is 372 g/mol. The van der Waals surface area contributed by atoms with Gasteiger partial charge in [0, 0.05) is 6.08 Å². The van der Waals surface area contributed by atoms with E-state index in [0.29, 0.717) is 11.4 Å². The van der Waals surface area contributed by atoms with Crippen LogP contribution in [-0.2, 0) is 20.9 Å². The number of carbonyl (C=O) groups excluding carboxylic acids is 2. The number of aromatic nitrogens is 1. The van der Waals surface area contributed by atoms with Crippen LogP contribution in [0.3, 0.4) is 0 Å². The Labute approximate surface area is 167 Å². The first-order chi connectivity index (χ1) is 13.5. The number of hydrogen-bond donors (Lipinski definition) is 0. The molecule has 0 atom stereocenters. The molecule has 0 unspecified atom stereocenters. The fourth-order valence-electron chi connectivity index (χ4n) is 2.95. The summed E-state index contributed by atoms with van der Waals surface area (Å²) in [4.78, 5) is 29.2. The van der Waals surface area contributed by atoms with Crippen LogP contribution in [0.2, 0.25) is 0 Å². The monoisotopic (exact) mass is 394 g/mol. The molecular formula is C22H22N2O3S. The van der Waals surface area contributed by atoms with Crippen LogP contribution >= 0.6 is 11.3 Å². The third-order valence-corrected chi connectivity index (χ3v) is 5.36. The first-order valence-electron chi connectivity index (χ1n) is 9.06. The molecule has 6 heteroatoms. The molecule has 0 aliphatic rings. The number of aryl methyl sites for hydroxylation is 2. The third kappa shape index (κ3) is 4.64. The van der Waals surface area contributed by atoms with E-state index in [1.807, 2.05) is 50.2 Å². The van der Waals surface area contributed by atoms with Gasteiger partial charge >= 0.3 is 5.97 Å². The van der Waals surface area contributed by atoms with Gasteiger partial charge in [0.05, 0.1) is 16.8 Å². The number of nitrogens with zero attached hydrogens (tertiary/aromatic N) is 2. The Bertz CT molecular complexity index is 1110. The zero-order chi connectivity index (χ0) is 20.1. The second-order valence-electron chi connectivity index (χ2n) is 6.40. The average molecular weight is 394 g/mol. The number of fused-ring (bicyclic) bond motifs is 1. The Balaban J connectivity index is 2.04. The molecule has 5 nitrogen and oxygen atoms in total. The van der Waals surface area contributed by atoms with Crippen molar-refractivity contribution in [1.82, 2.24) is 4.57 Å². The molecule has 0 spiro atoms. The van der Waals surface area contributed by atoms with E-state index < -0.39 is 0 Å². The second kappa shape index (κ2) is 8.80. The van der Waals surface area contributed by atoms with E-state index in [4.69, 9.17) is 4.74 Å². The highest BCUT2D eigenvalue weighted by molar-refractivity contribution is 7.16.